The second-order valence-electron chi connectivity index (χ2n) is 7.09. The number of hydrogen-bond donors (Lipinski definition) is 2. The topological polar surface area (TPSA) is 81.8 Å². The number of nitrogens with one attached hydrogen (secondary N) is 2. The van der Waals surface area contributed by atoms with Crippen LogP contribution in [0.1, 0.15) is 19.3 Å². The predicted octanol–water partition coefficient (Wildman–Crippen LogP) is 0.714. The monoisotopic (exact) mass is 342 g/mol. The fraction of sp³-hybridized carbons (Fsp3) is 0.500. The number of imide groups is 1. The van der Waals surface area contributed by atoms with Crippen LogP contribution in [-0.4, -0.2) is 54.5 Å². The Morgan fingerprint density at radius 1 is 1.08 bits per heavy atom. The number of urea groups is 1. The van der Waals surface area contributed by atoms with Gasteiger partial charge in [0.2, 0.25) is 5.91 Å². The zero-order chi connectivity index (χ0) is 17.4. The molecule has 4 rings (SSSR count). The molecule has 0 aliphatic carbocycles. The number of rotatable bonds is 3. The van der Waals surface area contributed by atoms with Gasteiger partial charge in [-0.15, -0.1) is 0 Å². The molecular weight excluding hydrogens is 320 g/mol. The van der Waals surface area contributed by atoms with Gasteiger partial charge in [-0.2, -0.15) is 0 Å². The van der Waals surface area contributed by atoms with Gasteiger partial charge in [-0.05, 0) is 38.1 Å². The molecule has 0 aromatic heterocycles. The molecule has 25 heavy (non-hydrogen) atoms. The molecule has 4 amide bonds. The molecule has 1 aromatic rings. The van der Waals surface area contributed by atoms with Gasteiger partial charge in [0.15, 0.2) is 0 Å². The minimum Gasteiger partial charge on any atom is -0.323 e. The fourth-order valence-electron chi connectivity index (χ4n) is 4.05. The second kappa shape index (κ2) is 6.15. The lowest BCUT2D eigenvalue weighted by molar-refractivity contribution is -0.132. The number of nitrogens with zero attached hydrogens (tertiary/aromatic N) is 2. The van der Waals surface area contributed by atoms with Crippen LogP contribution in [-0.2, 0) is 9.59 Å². The van der Waals surface area contributed by atoms with Gasteiger partial charge in [-0.1, -0.05) is 18.2 Å². The molecule has 3 aliphatic heterocycles. The van der Waals surface area contributed by atoms with E-state index in [1.807, 2.05) is 30.3 Å². The summed E-state index contributed by atoms with van der Waals surface area (Å²) in [4.78, 5) is 40.6. The minimum atomic E-state index is -0.746. The van der Waals surface area contributed by atoms with E-state index in [0.717, 1.165) is 18.8 Å². The summed E-state index contributed by atoms with van der Waals surface area (Å²) in [5.41, 5.74) is 0.117. The van der Waals surface area contributed by atoms with Gasteiger partial charge >= 0.3 is 6.03 Å². The van der Waals surface area contributed by atoms with Crippen molar-refractivity contribution in [1.29, 1.82) is 0 Å². The second-order valence-corrected chi connectivity index (χ2v) is 7.09. The number of carbonyl (C=O) groups is 3. The first-order valence-corrected chi connectivity index (χ1v) is 8.79. The molecular formula is C18H22N4O3. The van der Waals surface area contributed by atoms with Crippen molar-refractivity contribution in [3.8, 4) is 0 Å². The smallest absolute Gasteiger partial charge is 0.323 e. The third kappa shape index (κ3) is 2.78. The van der Waals surface area contributed by atoms with E-state index < -0.39 is 5.54 Å². The number of amides is 4. The van der Waals surface area contributed by atoms with E-state index in [-0.39, 0.29) is 23.8 Å². The van der Waals surface area contributed by atoms with Crippen LogP contribution in [0.25, 0.3) is 0 Å². The number of piperidine rings is 1. The lowest BCUT2D eigenvalue weighted by atomic mass is 9.88. The highest BCUT2D eigenvalue weighted by atomic mass is 16.2. The quantitative estimate of drug-likeness (QED) is 0.793. The lowest BCUT2D eigenvalue weighted by Gasteiger charge is -2.31. The summed E-state index contributed by atoms with van der Waals surface area (Å²) < 4.78 is 0. The van der Waals surface area contributed by atoms with Crippen molar-refractivity contribution in [3.05, 3.63) is 30.3 Å². The van der Waals surface area contributed by atoms with E-state index in [2.05, 4.69) is 10.6 Å². The van der Waals surface area contributed by atoms with Crippen LogP contribution >= 0.6 is 0 Å². The van der Waals surface area contributed by atoms with E-state index in [1.165, 1.54) is 4.90 Å². The van der Waals surface area contributed by atoms with Gasteiger partial charge in [0.25, 0.3) is 5.91 Å². The third-order valence-electron chi connectivity index (χ3n) is 5.42. The van der Waals surface area contributed by atoms with Crippen molar-refractivity contribution in [3.63, 3.8) is 0 Å². The Labute approximate surface area is 146 Å². The summed E-state index contributed by atoms with van der Waals surface area (Å²) >= 11 is 0. The van der Waals surface area contributed by atoms with E-state index >= 15 is 0 Å². The highest BCUT2D eigenvalue weighted by Crippen LogP contribution is 2.30. The largest absolute Gasteiger partial charge is 0.325 e. The predicted molar refractivity (Wildman–Crippen MR) is 92.0 cm³/mol. The van der Waals surface area contributed by atoms with Crippen LogP contribution in [0.3, 0.4) is 0 Å². The van der Waals surface area contributed by atoms with Gasteiger partial charge in [0.05, 0.1) is 0 Å². The van der Waals surface area contributed by atoms with Crippen LogP contribution in [0.4, 0.5) is 10.5 Å². The minimum absolute atomic E-state index is 0.0285. The molecule has 3 heterocycles. The van der Waals surface area contributed by atoms with Crippen molar-refractivity contribution in [2.45, 2.75) is 24.8 Å². The summed E-state index contributed by atoms with van der Waals surface area (Å²) in [5, 5.41) is 6.11. The van der Waals surface area contributed by atoms with Crippen molar-refractivity contribution in [2.75, 3.05) is 31.1 Å². The molecule has 2 N–H and O–H groups in total. The van der Waals surface area contributed by atoms with E-state index in [4.69, 9.17) is 0 Å². The molecule has 0 unspecified atom stereocenters. The zero-order valence-electron chi connectivity index (χ0n) is 14.0. The molecule has 1 atom stereocenters. The normalized spacial score (nSPS) is 25.8. The van der Waals surface area contributed by atoms with E-state index in [0.29, 0.717) is 32.4 Å². The lowest BCUT2D eigenvalue weighted by Crippen LogP contribution is -2.54. The van der Waals surface area contributed by atoms with Gasteiger partial charge < -0.3 is 15.5 Å². The van der Waals surface area contributed by atoms with Crippen LogP contribution in [0.15, 0.2) is 30.3 Å². The first kappa shape index (κ1) is 16.1. The van der Waals surface area contributed by atoms with Crippen molar-refractivity contribution in [2.24, 2.45) is 5.92 Å². The standard InChI is InChI=1S/C18H22N4O3/c23-15-10-13(11-21(15)14-4-2-1-3-5-14)12-22-16(24)18(20-17(22)25)6-8-19-9-7-18/h1-5,13,19H,6-12H2,(H,20,25)/t13-/m1/s1. The van der Waals surface area contributed by atoms with Gasteiger partial charge in [-0.25, -0.2) is 4.79 Å². The maximum atomic E-state index is 12.8. The highest BCUT2D eigenvalue weighted by Gasteiger charge is 2.52. The van der Waals surface area contributed by atoms with E-state index in [1.54, 1.807) is 4.90 Å². The molecule has 1 aromatic carbocycles. The van der Waals surface area contributed by atoms with Crippen molar-refractivity contribution >= 4 is 23.5 Å². The zero-order valence-corrected chi connectivity index (χ0v) is 14.0. The Balaban J connectivity index is 1.45. The fourth-order valence-corrected chi connectivity index (χ4v) is 4.05. The number of carbonyl (C=O) groups excluding carboxylic acids is 3. The highest BCUT2D eigenvalue weighted by molar-refractivity contribution is 6.07. The first-order chi connectivity index (χ1) is 12.1. The number of anilines is 1. The van der Waals surface area contributed by atoms with Crippen molar-refractivity contribution < 1.29 is 14.4 Å². The van der Waals surface area contributed by atoms with Crippen LogP contribution < -0.4 is 15.5 Å². The van der Waals surface area contributed by atoms with Gasteiger partial charge in [-0.3, -0.25) is 14.5 Å². The maximum Gasteiger partial charge on any atom is 0.325 e. The number of para-hydroxylation sites is 1. The average Bonchev–Trinajstić information content (AvgIpc) is 3.10. The molecule has 3 aliphatic rings. The van der Waals surface area contributed by atoms with Gasteiger partial charge in [0, 0.05) is 31.1 Å². The Morgan fingerprint density at radius 2 is 1.80 bits per heavy atom. The van der Waals surface area contributed by atoms with Crippen LogP contribution in [0.2, 0.25) is 0 Å². The van der Waals surface area contributed by atoms with Crippen LogP contribution in [0.5, 0.6) is 0 Å². The summed E-state index contributed by atoms with van der Waals surface area (Å²) in [5.74, 6) is -0.122. The van der Waals surface area contributed by atoms with Crippen LogP contribution in [0, 0.1) is 5.92 Å². The van der Waals surface area contributed by atoms with Gasteiger partial charge in [0.1, 0.15) is 5.54 Å². The number of benzene rings is 1. The molecule has 0 bridgehead atoms. The molecule has 3 fully saturated rings. The Kier molecular flexibility index (Phi) is 3.95. The Bertz CT molecular complexity index is 700. The molecule has 7 nitrogen and oxygen atoms in total. The summed E-state index contributed by atoms with van der Waals surface area (Å²) in [6, 6.07) is 9.18. The van der Waals surface area contributed by atoms with Crippen molar-refractivity contribution in [1.82, 2.24) is 15.5 Å². The molecule has 3 saturated heterocycles. The van der Waals surface area contributed by atoms with E-state index in [9.17, 15) is 14.4 Å². The SMILES string of the molecule is O=C1NC2(CCNCC2)C(=O)N1C[C@@H]1CC(=O)N(c2ccccc2)C1. The molecule has 0 saturated carbocycles. The molecule has 0 radical (unpaired) electrons. The first-order valence-electron chi connectivity index (χ1n) is 8.79. The summed E-state index contributed by atoms with van der Waals surface area (Å²) in [6.07, 6.45) is 1.60. The average molecular weight is 342 g/mol. The molecule has 7 heteroatoms. The Morgan fingerprint density at radius 3 is 2.52 bits per heavy atom. The molecule has 132 valence electrons. The maximum absolute atomic E-state index is 12.8. The third-order valence-corrected chi connectivity index (χ3v) is 5.42. The Hall–Kier alpha value is -2.41. The summed E-state index contributed by atoms with van der Waals surface area (Å²) in [7, 11) is 0. The molecule has 1 spiro atoms. The number of hydrogen-bond acceptors (Lipinski definition) is 4. The summed E-state index contributed by atoms with van der Waals surface area (Å²) in [6.45, 7) is 2.29.